The first-order valence-electron chi connectivity index (χ1n) is 4.92. The van der Waals surface area contributed by atoms with Gasteiger partial charge >= 0.3 is 0 Å². The SMILES string of the molecule is CCNC(C)C(O)c1ccc(Cl)c(F)c1. The van der Waals surface area contributed by atoms with Crippen LogP contribution in [0.25, 0.3) is 0 Å². The first-order chi connectivity index (χ1) is 7.06. The minimum absolute atomic E-state index is 0.0713. The Morgan fingerprint density at radius 3 is 2.73 bits per heavy atom. The second-order valence-electron chi connectivity index (χ2n) is 3.46. The fourth-order valence-electron chi connectivity index (χ4n) is 1.42. The van der Waals surface area contributed by atoms with Gasteiger partial charge in [-0.3, -0.25) is 0 Å². The van der Waals surface area contributed by atoms with Crippen molar-refractivity contribution in [3.8, 4) is 0 Å². The van der Waals surface area contributed by atoms with Crippen molar-refractivity contribution in [1.29, 1.82) is 0 Å². The molecule has 1 rings (SSSR count). The van der Waals surface area contributed by atoms with E-state index in [0.29, 0.717) is 5.56 Å². The third-order valence-corrected chi connectivity index (χ3v) is 2.59. The predicted molar refractivity (Wildman–Crippen MR) is 59.5 cm³/mol. The van der Waals surface area contributed by atoms with Gasteiger partial charge in [0.05, 0.1) is 11.1 Å². The molecule has 0 saturated carbocycles. The Bertz CT molecular complexity index is 332. The summed E-state index contributed by atoms with van der Waals surface area (Å²) in [4.78, 5) is 0. The van der Waals surface area contributed by atoms with Crippen LogP contribution in [0.5, 0.6) is 0 Å². The van der Waals surface area contributed by atoms with E-state index >= 15 is 0 Å². The van der Waals surface area contributed by atoms with Crippen LogP contribution in [0, 0.1) is 5.82 Å². The summed E-state index contributed by atoms with van der Waals surface area (Å²) in [5.41, 5.74) is 0.533. The summed E-state index contributed by atoms with van der Waals surface area (Å²) in [5, 5.41) is 13.0. The first kappa shape index (κ1) is 12.4. The topological polar surface area (TPSA) is 32.3 Å². The van der Waals surface area contributed by atoms with Crippen LogP contribution in [-0.4, -0.2) is 17.7 Å². The van der Waals surface area contributed by atoms with E-state index < -0.39 is 11.9 Å². The zero-order valence-corrected chi connectivity index (χ0v) is 9.55. The average Bonchev–Trinajstić information content (AvgIpc) is 2.21. The summed E-state index contributed by atoms with van der Waals surface area (Å²) in [6.45, 7) is 4.56. The molecule has 15 heavy (non-hydrogen) atoms. The number of aliphatic hydroxyl groups excluding tert-OH is 1. The van der Waals surface area contributed by atoms with E-state index in [1.165, 1.54) is 12.1 Å². The minimum Gasteiger partial charge on any atom is -0.387 e. The molecule has 2 atom stereocenters. The average molecular weight is 232 g/mol. The number of benzene rings is 1. The molecular weight excluding hydrogens is 217 g/mol. The lowest BCUT2D eigenvalue weighted by Gasteiger charge is -2.19. The molecule has 2 nitrogen and oxygen atoms in total. The van der Waals surface area contributed by atoms with Crippen molar-refractivity contribution < 1.29 is 9.50 Å². The molecule has 0 heterocycles. The van der Waals surface area contributed by atoms with Gasteiger partial charge in [0.15, 0.2) is 0 Å². The summed E-state index contributed by atoms with van der Waals surface area (Å²) in [6.07, 6.45) is -0.725. The highest BCUT2D eigenvalue weighted by Crippen LogP contribution is 2.22. The predicted octanol–water partition coefficient (Wildman–Crippen LogP) is 2.51. The van der Waals surface area contributed by atoms with Gasteiger partial charge in [0.1, 0.15) is 5.82 Å². The van der Waals surface area contributed by atoms with Crippen LogP contribution in [0.4, 0.5) is 4.39 Å². The molecule has 0 fully saturated rings. The second kappa shape index (κ2) is 5.45. The molecule has 0 radical (unpaired) electrons. The van der Waals surface area contributed by atoms with Gasteiger partial charge in [-0.05, 0) is 31.2 Å². The van der Waals surface area contributed by atoms with Crippen LogP contribution < -0.4 is 5.32 Å². The van der Waals surface area contributed by atoms with E-state index in [1.807, 2.05) is 13.8 Å². The molecule has 0 aliphatic rings. The second-order valence-corrected chi connectivity index (χ2v) is 3.87. The number of hydrogen-bond donors (Lipinski definition) is 2. The van der Waals surface area contributed by atoms with Crippen LogP contribution in [0.2, 0.25) is 5.02 Å². The highest BCUT2D eigenvalue weighted by molar-refractivity contribution is 6.30. The van der Waals surface area contributed by atoms with Crippen molar-refractivity contribution in [3.05, 3.63) is 34.6 Å². The summed E-state index contributed by atoms with van der Waals surface area (Å²) < 4.78 is 13.1. The molecule has 4 heteroatoms. The monoisotopic (exact) mass is 231 g/mol. The Labute approximate surface area is 94.1 Å². The lowest BCUT2D eigenvalue weighted by atomic mass is 10.0. The number of halogens is 2. The van der Waals surface area contributed by atoms with Crippen LogP contribution in [-0.2, 0) is 0 Å². The van der Waals surface area contributed by atoms with Crippen LogP contribution in [0.15, 0.2) is 18.2 Å². The lowest BCUT2D eigenvalue weighted by Crippen LogP contribution is -2.31. The number of rotatable bonds is 4. The molecule has 1 aromatic rings. The number of nitrogens with one attached hydrogen (secondary N) is 1. The van der Waals surface area contributed by atoms with Crippen LogP contribution in [0.1, 0.15) is 25.5 Å². The lowest BCUT2D eigenvalue weighted by molar-refractivity contribution is 0.137. The molecule has 2 N–H and O–H groups in total. The largest absolute Gasteiger partial charge is 0.387 e. The fourth-order valence-corrected chi connectivity index (χ4v) is 1.54. The van der Waals surface area contributed by atoms with Gasteiger partial charge in [-0.25, -0.2) is 4.39 Å². The van der Waals surface area contributed by atoms with E-state index in [9.17, 15) is 9.50 Å². The van der Waals surface area contributed by atoms with Crippen molar-refractivity contribution >= 4 is 11.6 Å². The number of likely N-dealkylation sites (N-methyl/N-ethyl adjacent to an activating group) is 1. The normalized spacial score (nSPS) is 15.0. The molecular formula is C11H15ClFNO. The fraction of sp³-hybridized carbons (Fsp3) is 0.455. The highest BCUT2D eigenvalue weighted by Gasteiger charge is 2.16. The maximum absolute atomic E-state index is 13.1. The van der Waals surface area contributed by atoms with E-state index in [2.05, 4.69) is 5.32 Å². The van der Waals surface area contributed by atoms with Gasteiger partial charge in [-0.15, -0.1) is 0 Å². The smallest absolute Gasteiger partial charge is 0.142 e. The Morgan fingerprint density at radius 1 is 1.53 bits per heavy atom. The molecule has 0 amide bonds. The summed E-state index contributed by atoms with van der Waals surface area (Å²) in [6, 6.07) is 4.23. The van der Waals surface area contributed by atoms with Gasteiger partial charge in [0.2, 0.25) is 0 Å². The Morgan fingerprint density at radius 2 is 2.20 bits per heavy atom. The molecule has 1 aromatic carbocycles. The quantitative estimate of drug-likeness (QED) is 0.835. The summed E-state index contributed by atoms with van der Waals surface area (Å²) in [7, 11) is 0. The minimum atomic E-state index is -0.725. The van der Waals surface area contributed by atoms with E-state index in [0.717, 1.165) is 6.54 Å². The van der Waals surface area contributed by atoms with E-state index in [4.69, 9.17) is 11.6 Å². The Kier molecular flexibility index (Phi) is 4.51. The third-order valence-electron chi connectivity index (χ3n) is 2.28. The van der Waals surface area contributed by atoms with E-state index in [-0.39, 0.29) is 11.1 Å². The molecule has 0 aliphatic carbocycles. The Balaban J connectivity index is 2.81. The molecule has 0 bridgehead atoms. The van der Waals surface area contributed by atoms with Crippen molar-refractivity contribution in [1.82, 2.24) is 5.32 Å². The molecule has 2 unspecified atom stereocenters. The van der Waals surface area contributed by atoms with Gasteiger partial charge in [0, 0.05) is 6.04 Å². The molecule has 0 spiro atoms. The zero-order chi connectivity index (χ0) is 11.4. The number of hydrogen-bond acceptors (Lipinski definition) is 2. The Hall–Kier alpha value is -0.640. The third kappa shape index (κ3) is 3.16. The standard InChI is InChI=1S/C11H15ClFNO/c1-3-14-7(2)11(15)8-4-5-9(12)10(13)6-8/h4-7,11,14-15H,3H2,1-2H3. The van der Waals surface area contributed by atoms with Crippen molar-refractivity contribution in [2.75, 3.05) is 6.54 Å². The molecule has 84 valence electrons. The maximum atomic E-state index is 13.1. The van der Waals surface area contributed by atoms with Crippen LogP contribution >= 0.6 is 11.6 Å². The highest BCUT2D eigenvalue weighted by atomic mass is 35.5. The van der Waals surface area contributed by atoms with E-state index in [1.54, 1.807) is 6.07 Å². The zero-order valence-electron chi connectivity index (χ0n) is 8.80. The van der Waals surface area contributed by atoms with Crippen molar-refractivity contribution in [2.45, 2.75) is 26.0 Å². The molecule has 0 aliphatic heterocycles. The van der Waals surface area contributed by atoms with Gasteiger partial charge < -0.3 is 10.4 Å². The number of aliphatic hydroxyl groups is 1. The first-order valence-corrected chi connectivity index (χ1v) is 5.30. The van der Waals surface area contributed by atoms with Gasteiger partial charge in [0.25, 0.3) is 0 Å². The maximum Gasteiger partial charge on any atom is 0.142 e. The van der Waals surface area contributed by atoms with Crippen molar-refractivity contribution in [2.24, 2.45) is 0 Å². The van der Waals surface area contributed by atoms with Crippen LogP contribution in [0.3, 0.4) is 0 Å². The summed E-state index contributed by atoms with van der Waals surface area (Å²) in [5.74, 6) is -0.503. The molecule has 0 saturated heterocycles. The molecule has 0 aromatic heterocycles. The summed E-state index contributed by atoms with van der Waals surface area (Å²) >= 11 is 5.55. The van der Waals surface area contributed by atoms with Crippen molar-refractivity contribution in [3.63, 3.8) is 0 Å². The van der Waals surface area contributed by atoms with Gasteiger partial charge in [-0.2, -0.15) is 0 Å². The van der Waals surface area contributed by atoms with Gasteiger partial charge in [-0.1, -0.05) is 24.6 Å².